The molecule has 166 valence electrons. The van der Waals surface area contributed by atoms with Gasteiger partial charge in [0.05, 0.1) is 29.2 Å². The Labute approximate surface area is 191 Å². The Morgan fingerprint density at radius 3 is 2.72 bits per heavy atom. The summed E-state index contributed by atoms with van der Waals surface area (Å²) >= 11 is 1.62. The van der Waals surface area contributed by atoms with Gasteiger partial charge in [-0.1, -0.05) is 19.1 Å². The monoisotopic (exact) mass is 451 g/mol. The molecule has 1 aromatic heterocycles. The molecule has 4 rings (SSSR count). The van der Waals surface area contributed by atoms with Crippen LogP contribution in [0.5, 0.6) is 11.5 Å². The summed E-state index contributed by atoms with van der Waals surface area (Å²) in [4.78, 5) is 33.2. The molecule has 8 heteroatoms. The standard InChI is InChI=1S/C24H25N3O4S/c1-5-19-24(29)27(13-22(28)26-17-8-6-7-9-20(17)30-4)18-12-16(10-11-21(18)31-19)23-14(2)32-15(3)25-23/h6-12,19H,5,13H2,1-4H3,(H,26,28). The first-order chi connectivity index (χ1) is 15.4. The van der Waals surface area contributed by atoms with Crippen LogP contribution >= 0.6 is 11.3 Å². The van der Waals surface area contributed by atoms with Crippen molar-refractivity contribution in [2.75, 3.05) is 23.9 Å². The molecule has 1 aliphatic heterocycles. The molecule has 7 nitrogen and oxygen atoms in total. The second-order valence-corrected chi connectivity index (χ2v) is 8.92. The van der Waals surface area contributed by atoms with E-state index in [1.54, 1.807) is 30.6 Å². The fourth-order valence-corrected chi connectivity index (χ4v) is 4.61. The Hall–Kier alpha value is -3.39. The summed E-state index contributed by atoms with van der Waals surface area (Å²) in [6, 6.07) is 12.8. The normalized spacial score (nSPS) is 15.2. The Morgan fingerprint density at radius 2 is 2.03 bits per heavy atom. The van der Waals surface area contributed by atoms with Crippen molar-refractivity contribution >= 4 is 34.5 Å². The molecule has 0 saturated carbocycles. The fraction of sp³-hybridized carbons (Fsp3) is 0.292. The number of rotatable bonds is 6. The third-order valence-electron chi connectivity index (χ3n) is 5.29. The maximum absolute atomic E-state index is 13.1. The minimum Gasteiger partial charge on any atom is -0.495 e. The molecule has 32 heavy (non-hydrogen) atoms. The number of nitrogens with zero attached hydrogens (tertiary/aromatic N) is 2. The van der Waals surface area contributed by atoms with Gasteiger partial charge in [-0.3, -0.25) is 14.5 Å². The molecule has 1 atom stereocenters. The van der Waals surface area contributed by atoms with Gasteiger partial charge >= 0.3 is 0 Å². The molecule has 2 aromatic carbocycles. The maximum Gasteiger partial charge on any atom is 0.268 e. The molecule has 2 heterocycles. The summed E-state index contributed by atoms with van der Waals surface area (Å²) in [7, 11) is 1.54. The molecular weight excluding hydrogens is 426 g/mol. The lowest BCUT2D eigenvalue weighted by molar-refractivity contribution is -0.128. The first-order valence-electron chi connectivity index (χ1n) is 10.4. The summed E-state index contributed by atoms with van der Waals surface area (Å²) in [5.41, 5.74) is 2.87. The van der Waals surface area contributed by atoms with Crippen LogP contribution in [0.1, 0.15) is 23.2 Å². The van der Waals surface area contributed by atoms with Crippen LogP contribution in [0.2, 0.25) is 0 Å². The molecule has 1 N–H and O–H groups in total. The number of aromatic nitrogens is 1. The van der Waals surface area contributed by atoms with Crippen molar-refractivity contribution in [1.29, 1.82) is 0 Å². The summed E-state index contributed by atoms with van der Waals surface area (Å²) in [6.45, 7) is 5.73. The van der Waals surface area contributed by atoms with Crippen molar-refractivity contribution in [2.45, 2.75) is 33.3 Å². The second-order valence-electron chi connectivity index (χ2n) is 7.51. The predicted molar refractivity (Wildman–Crippen MR) is 126 cm³/mol. The quantitative estimate of drug-likeness (QED) is 0.593. The van der Waals surface area contributed by atoms with Crippen LogP contribution in [0.4, 0.5) is 11.4 Å². The van der Waals surface area contributed by atoms with Crippen molar-refractivity contribution in [2.24, 2.45) is 0 Å². The van der Waals surface area contributed by atoms with Crippen molar-refractivity contribution in [3.8, 4) is 22.8 Å². The number of thiazole rings is 1. The van der Waals surface area contributed by atoms with Crippen LogP contribution in [0.3, 0.4) is 0 Å². The van der Waals surface area contributed by atoms with Crippen LogP contribution in [-0.2, 0) is 9.59 Å². The third-order valence-corrected chi connectivity index (χ3v) is 6.18. The Kier molecular flexibility index (Phi) is 6.14. The Morgan fingerprint density at radius 1 is 1.25 bits per heavy atom. The van der Waals surface area contributed by atoms with Gasteiger partial charge < -0.3 is 14.8 Å². The minimum atomic E-state index is -0.629. The van der Waals surface area contributed by atoms with E-state index in [9.17, 15) is 9.59 Å². The lowest BCUT2D eigenvalue weighted by atomic mass is 10.1. The lowest BCUT2D eigenvalue weighted by Crippen LogP contribution is -2.48. The minimum absolute atomic E-state index is 0.137. The van der Waals surface area contributed by atoms with E-state index in [0.29, 0.717) is 29.3 Å². The molecule has 1 aliphatic rings. The average molecular weight is 452 g/mol. The number of nitrogens with one attached hydrogen (secondary N) is 1. The number of ether oxygens (including phenoxy) is 2. The summed E-state index contributed by atoms with van der Waals surface area (Å²) in [5, 5.41) is 3.82. The van der Waals surface area contributed by atoms with Crippen molar-refractivity contribution in [3.05, 3.63) is 52.3 Å². The number of fused-ring (bicyclic) bond motifs is 1. The zero-order valence-corrected chi connectivity index (χ0v) is 19.3. The van der Waals surface area contributed by atoms with Crippen molar-refractivity contribution in [1.82, 2.24) is 4.98 Å². The number of hydrogen-bond acceptors (Lipinski definition) is 6. The van der Waals surface area contributed by atoms with Crippen LogP contribution in [-0.4, -0.2) is 36.6 Å². The molecule has 0 saturated heterocycles. The van der Waals surface area contributed by atoms with Gasteiger partial charge in [0.25, 0.3) is 5.91 Å². The van der Waals surface area contributed by atoms with E-state index in [4.69, 9.17) is 9.47 Å². The number of aryl methyl sites for hydroxylation is 2. The van der Waals surface area contributed by atoms with Crippen molar-refractivity contribution in [3.63, 3.8) is 0 Å². The SMILES string of the molecule is CCC1Oc2ccc(-c3nc(C)sc3C)cc2N(CC(=O)Nc2ccccc2OC)C1=O. The van der Waals surface area contributed by atoms with Gasteiger partial charge in [-0.2, -0.15) is 0 Å². The van der Waals surface area contributed by atoms with E-state index < -0.39 is 6.10 Å². The predicted octanol–water partition coefficient (Wildman–Crippen LogP) is 4.58. The molecule has 2 amide bonds. The molecule has 3 aromatic rings. The molecule has 0 radical (unpaired) electrons. The number of anilines is 2. The topological polar surface area (TPSA) is 80.8 Å². The number of para-hydroxylation sites is 2. The van der Waals surface area contributed by atoms with E-state index in [2.05, 4.69) is 10.3 Å². The van der Waals surface area contributed by atoms with Gasteiger partial charge in [0, 0.05) is 10.4 Å². The van der Waals surface area contributed by atoms with Crippen LogP contribution in [0.15, 0.2) is 42.5 Å². The second kappa shape index (κ2) is 9.00. The highest BCUT2D eigenvalue weighted by Crippen LogP contribution is 2.39. The number of carbonyl (C=O) groups is 2. The number of benzene rings is 2. The Bertz CT molecular complexity index is 1170. The van der Waals surface area contributed by atoms with Gasteiger partial charge in [0.1, 0.15) is 18.0 Å². The number of amides is 2. The average Bonchev–Trinajstić information content (AvgIpc) is 3.13. The smallest absolute Gasteiger partial charge is 0.268 e. The first kappa shape index (κ1) is 21.8. The van der Waals surface area contributed by atoms with Crippen LogP contribution < -0.4 is 19.7 Å². The van der Waals surface area contributed by atoms with E-state index >= 15 is 0 Å². The van der Waals surface area contributed by atoms with Crippen LogP contribution in [0.25, 0.3) is 11.3 Å². The summed E-state index contributed by atoms with van der Waals surface area (Å²) < 4.78 is 11.2. The highest BCUT2D eigenvalue weighted by Gasteiger charge is 2.35. The number of hydrogen-bond donors (Lipinski definition) is 1. The van der Waals surface area contributed by atoms with Gasteiger partial charge in [-0.25, -0.2) is 4.98 Å². The highest BCUT2D eigenvalue weighted by atomic mass is 32.1. The van der Waals surface area contributed by atoms with Crippen LogP contribution in [0, 0.1) is 13.8 Å². The molecule has 1 unspecified atom stereocenters. The van der Waals surface area contributed by atoms with E-state index in [-0.39, 0.29) is 18.4 Å². The summed E-state index contributed by atoms with van der Waals surface area (Å²) in [6.07, 6.45) is -0.120. The molecule has 0 bridgehead atoms. The first-order valence-corrected chi connectivity index (χ1v) is 11.2. The largest absolute Gasteiger partial charge is 0.495 e. The number of methoxy groups -OCH3 is 1. The Balaban J connectivity index is 1.66. The summed E-state index contributed by atoms with van der Waals surface area (Å²) in [5.74, 6) is 0.572. The highest BCUT2D eigenvalue weighted by molar-refractivity contribution is 7.11. The maximum atomic E-state index is 13.1. The molecule has 0 aliphatic carbocycles. The van der Waals surface area contributed by atoms with Gasteiger partial charge in [-0.15, -0.1) is 11.3 Å². The van der Waals surface area contributed by atoms with E-state index in [1.165, 1.54) is 4.90 Å². The van der Waals surface area contributed by atoms with E-state index in [0.717, 1.165) is 21.1 Å². The van der Waals surface area contributed by atoms with E-state index in [1.807, 2.05) is 51.1 Å². The van der Waals surface area contributed by atoms with Gasteiger partial charge in [0.2, 0.25) is 5.91 Å². The van der Waals surface area contributed by atoms with Gasteiger partial charge in [-0.05, 0) is 50.6 Å². The molecule has 0 spiro atoms. The molecule has 0 fully saturated rings. The number of carbonyl (C=O) groups excluding carboxylic acids is 2. The fourth-order valence-electron chi connectivity index (χ4n) is 3.77. The third kappa shape index (κ3) is 4.18. The zero-order valence-electron chi connectivity index (χ0n) is 18.5. The zero-order chi connectivity index (χ0) is 22.8. The van der Waals surface area contributed by atoms with Crippen molar-refractivity contribution < 1.29 is 19.1 Å². The lowest BCUT2D eigenvalue weighted by Gasteiger charge is -2.34. The van der Waals surface area contributed by atoms with Gasteiger partial charge in [0.15, 0.2) is 6.10 Å². The molecular formula is C24H25N3O4S.